The first-order valence-corrected chi connectivity index (χ1v) is 9.19. The quantitative estimate of drug-likeness (QED) is 0.695. The third-order valence-corrected chi connectivity index (χ3v) is 5.13. The number of ether oxygens (including phenoxy) is 2. The standard InChI is InChI=1S/C20H19F3N2O3S/c1-25-16(8-10-18(25)29)19(26)24-15-11-14(7-9-17(15)27-2)28-13-5-3-12(4-6-13)20(21,22)23/h3-7,9,11,16H,8,10H2,1-2H3,(H,24,26). The lowest BCUT2D eigenvalue weighted by atomic mass is 10.2. The van der Waals surface area contributed by atoms with Crippen LogP contribution in [0.2, 0.25) is 0 Å². The van der Waals surface area contributed by atoms with Gasteiger partial charge in [-0.1, -0.05) is 12.2 Å². The highest BCUT2D eigenvalue weighted by Gasteiger charge is 2.31. The molecule has 29 heavy (non-hydrogen) atoms. The SMILES string of the molecule is COc1ccc(Oc2ccc(C(F)(F)F)cc2)cc1NC(=O)C1CCC(=S)N1C. The third kappa shape index (κ3) is 4.79. The van der Waals surface area contributed by atoms with Crippen LogP contribution in [0.4, 0.5) is 18.9 Å². The fraction of sp³-hybridized carbons (Fsp3) is 0.300. The van der Waals surface area contributed by atoms with Crippen LogP contribution in [0.15, 0.2) is 42.5 Å². The van der Waals surface area contributed by atoms with Crippen LogP contribution in [0.5, 0.6) is 17.2 Å². The lowest BCUT2D eigenvalue weighted by molar-refractivity contribution is -0.137. The van der Waals surface area contributed by atoms with Crippen LogP contribution in [0.3, 0.4) is 0 Å². The molecule has 1 saturated heterocycles. The van der Waals surface area contributed by atoms with E-state index in [1.165, 1.54) is 19.2 Å². The Balaban J connectivity index is 1.76. The second kappa shape index (κ2) is 8.28. The molecule has 1 fully saturated rings. The Morgan fingerprint density at radius 1 is 1.17 bits per heavy atom. The summed E-state index contributed by atoms with van der Waals surface area (Å²) >= 11 is 5.21. The Kier molecular flexibility index (Phi) is 5.97. The molecule has 0 aliphatic carbocycles. The van der Waals surface area contributed by atoms with Gasteiger partial charge in [0.05, 0.1) is 23.3 Å². The van der Waals surface area contributed by atoms with Gasteiger partial charge in [0.25, 0.3) is 0 Å². The van der Waals surface area contributed by atoms with E-state index in [0.717, 1.165) is 17.1 Å². The molecule has 1 aliphatic heterocycles. The van der Waals surface area contributed by atoms with Crippen molar-refractivity contribution in [3.63, 3.8) is 0 Å². The number of amides is 1. The van der Waals surface area contributed by atoms with Gasteiger partial charge in [0.2, 0.25) is 5.91 Å². The summed E-state index contributed by atoms with van der Waals surface area (Å²) < 4.78 is 48.9. The monoisotopic (exact) mass is 424 g/mol. The highest BCUT2D eigenvalue weighted by molar-refractivity contribution is 7.80. The number of benzene rings is 2. The van der Waals surface area contributed by atoms with E-state index in [9.17, 15) is 18.0 Å². The minimum absolute atomic E-state index is 0.225. The number of likely N-dealkylation sites (tertiary alicyclic amines) is 1. The Morgan fingerprint density at radius 2 is 1.83 bits per heavy atom. The Morgan fingerprint density at radius 3 is 2.38 bits per heavy atom. The molecule has 2 aromatic rings. The van der Waals surface area contributed by atoms with Crippen LogP contribution in [0.1, 0.15) is 18.4 Å². The number of rotatable bonds is 5. The number of hydrogen-bond donors (Lipinski definition) is 1. The number of thiocarbonyl (C=S) groups is 1. The van der Waals surface area contributed by atoms with Gasteiger partial charge in [0.15, 0.2) is 0 Å². The summed E-state index contributed by atoms with van der Waals surface area (Å²) in [4.78, 5) is 15.1. The van der Waals surface area contributed by atoms with Gasteiger partial charge in [0.1, 0.15) is 23.3 Å². The number of nitrogens with one attached hydrogen (secondary N) is 1. The van der Waals surface area contributed by atoms with E-state index in [1.54, 1.807) is 30.1 Å². The van der Waals surface area contributed by atoms with Crippen molar-refractivity contribution in [2.75, 3.05) is 19.5 Å². The third-order valence-electron chi connectivity index (χ3n) is 4.64. The average Bonchev–Trinajstić information content (AvgIpc) is 3.00. The summed E-state index contributed by atoms with van der Waals surface area (Å²) in [5.74, 6) is 0.788. The van der Waals surface area contributed by atoms with Gasteiger partial charge < -0.3 is 19.7 Å². The van der Waals surface area contributed by atoms with Crippen LogP contribution < -0.4 is 14.8 Å². The van der Waals surface area contributed by atoms with Gasteiger partial charge in [0, 0.05) is 19.5 Å². The number of halogens is 3. The lowest BCUT2D eigenvalue weighted by Gasteiger charge is -2.21. The first kappa shape index (κ1) is 20.9. The Hall–Kier alpha value is -2.81. The zero-order valence-corrected chi connectivity index (χ0v) is 16.6. The number of likely N-dealkylation sites (N-methyl/N-ethyl adjacent to an activating group) is 1. The fourth-order valence-corrected chi connectivity index (χ4v) is 3.27. The van der Waals surface area contributed by atoms with Crippen molar-refractivity contribution >= 4 is 28.8 Å². The number of hydrogen-bond acceptors (Lipinski definition) is 4. The molecule has 0 spiro atoms. The molecule has 154 valence electrons. The molecule has 0 bridgehead atoms. The molecular formula is C20H19F3N2O3S. The van der Waals surface area contributed by atoms with Gasteiger partial charge in [-0.15, -0.1) is 0 Å². The van der Waals surface area contributed by atoms with E-state index in [1.807, 2.05) is 0 Å². The molecule has 1 atom stereocenters. The number of methoxy groups -OCH3 is 1. The summed E-state index contributed by atoms with van der Waals surface area (Å²) in [5, 5.41) is 2.82. The summed E-state index contributed by atoms with van der Waals surface area (Å²) in [5.41, 5.74) is -0.362. The molecular weight excluding hydrogens is 405 g/mol. The Bertz CT molecular complexity index is 916. The maximum atomic E-state index is 12.7. The molecule has 1 aliphatic rings. The predicted molar refractivity (Wildman–Crippen MR) is 107 cm³/mol. The zero-order chi connectivity index (χ0) is 21.2. The topological polar surface area (TPSA) is 50.8 Å². The first-order valence-electron chi connectivity index (χ1n) is 8.78. The molecule has 0 aromatic heterocycles. The van der Waals surface area contributed by atoms with Crippen molar-refractivity contribution in [1.29, 1.82) is 0 Å². The van der Waals surface area contributed by atoms with Crippen molar-refractivity contribution < 1.29 is 27.4 Å². The molecule has 0 saturated carbocycles. The second-order valence-corrected chi connectivity index (χ2v) is 7.01. The van der Waals surface area contributed by atoms with E-state index in [0.29, 0.717) is 30.0 Å². The van der Waals surface area contributed by atoms with Crippen molar-refractivity contribution in [3.8, 4) is 17.2 Å². The highest BCUT2D eigenvalue weighted by atomic mass is 32.1. The van der Waals surface area contributed by atoms with Crippen molar-refractivity contribution in [3.05, 3.63) is 48.0 Å². The molecule has 3 rings (SSSR count). The lowest BCUT2D eigenvalue weighted by Crippen LogP contribution is -2.38. The molecule has 1 amide bonds. The smallest absolute Gasteiger partial charge is 0.416 e. The molecule has 1 unspecified atom stereocenters. The van der Waals surface area contributed by atoms with Crippen LogP contribution >= 0.6 is 12.2 Å². The number of nitrogens with zero attached hydrogens (tertiary/aromatic N) is 1. The van der Waals surface area contributed by atoms with Crippen LogP contribution in [-0.2, 0) is 11.0 Å². The second-order valence-electron chi connectivity index (χ2n) is 6.53. The summed E-state index contributed by atoms with van der Waals surface area (Å²) in [6, 6.07) is 8.76. The zero-order valence-electron chi connectivity index (χ0n) is 15.7. The molecule has 9 heteroatoms. The predicted octanol–water partition coefficient (Wildman–Crippen LogP) is 4.87. The van der Waals surface area contributed by atoms with Crippen molar-refractivity contribution in [1.82, 2.24) is 4.90 Å². The maximum Gasteiger partial charge on any atom is 0.416 e. The van der Waals surface area contributed by atoms with E-state index in [2.05, 4.69) is 5.32 Å². The normalized spacial score (nSPS) is 16.7. The van der Waals surface area contributed by atoms with Crippen LogP contribution in [-0.4, -0.2) is 36.0 Å². The molecule has 0 radical (unpaired) electrons. The first-order chi connectivity index (χ1) is 13.7. The minimum Gasteiger partial charge on any atom is -0.495 e. The molecule has 5 nitrogen and oxygen atoms in total. The maximum absolute atomic E-state index is 12.7. The molecule has 2 aromatic carbocycles. The van der Waals surface area contributed by atoms with E-state index in [-0.39, 0.29) is 17.7 Å². The number of carbonyl (C=O) groups is 1. The van der Waals surface area contributed by atoms with E-state index in [4.69, 9.17) is 21.7 Å². The number of anilines is 1. The van der Waals surface area contributed by atoms with Gasteiger partial charge in [-0.2, -0.15) is 13.2 Å². The van der Waals surface area contributed by atoms with Gasteiger partial charge in [-0.25, -0.2) is 0 Å². The van der Waals surface area contributed by atoms with Crippen molar-refractivity contribution in [2.24, 2.45) is 0 Å². The van der Waals surface area contributed by atoms with Crippen LogP contribution in [0.25, 0.3) is 0 Å². The van der Waals surface area contributed by atoms with Crippen LogP contribution in [0, 0.1) is 0 Å². The highest BCUT2D eigenvalue weighted by Crippen LogP contribution is 2.34. The summed E-state index contributed by atoms with van der Waals surface area (Å²) in [6.45, 7) is 0. The summed E-state index contributed by atoms with van der Waals surface area (Å²) in [6.07, 6.45) is -3.10. The number of carbonyl (C=O) groups excluding carboxylic acids is 1. The van der Waals surface area contributed by atoms with Crippen molar-refractivity contribution in [2.45, 2.75) is 25.1 Å². The van der Waals surface area contributed by atoms with Gasteiger partial charge in [-0.3, -0.25) is 4.79 Å². The van der Waals surface area contributed by atoms with Gasteiger partial charge >= 0.3 is 6.18 Å². The molecule has 1 heterocycles. The Labute approximate surface area is 171 Å². The average molecular weight is 424 g/mol. The molecule has 1 N–H and O–H groups in total. The minimum atomic E-state index is -4.41. The fourth-order valence-electron chi connectivity index (χ4n) is 3.02. The van der Waals surface area contributed by atoms with Gasteiger partial charge in [-0.05, 0) is 42.8 Å². The van der Waals surface area contributed by atoms with E-state index < -0.39 is 11.7 Å². The van der Waals surface area contributed by atoms with E-state index >= 15 is 0 Å². The number of alkyl halides is 3. The summed E-state index contributed by atoms with van der Waals surface area (Å²) in [7, 11) is 3.25. The largest absolute Gasteiger partial charge is 0.495 e.